The molecule has 6 nitrogen and oxygen atoms in total. The highest BCUT2D eigenvalue weighted by Gasteiger charge is 2.30. The van der Waals surface area contributed by atoms with Gasteiger partial charge in [-0.3, -0.25) is 19.1 Å². The number of morpholine rings is 1. The molecule has 0 bridgehead atoms. The zero-order chi connectivity index (χ0) is 20.4. The summed E-state index contributed by atoms with van der Waals surface area (Å²) in [6.07, 6.45) is 3.44. The van der Waals surface area contributed by atoms with E-state index in [0.29, 0.717) is 30.4 Å². The molecule has 2 aromatic rings. The van der Waals surface area contributed by atoms with E-state index in [1.54, 1.807) is 24.1 Å². The summed E-state index contributed by atoms with van der Waals surface area (Å²) in [5, 5.41) is 0. The second kappa shape index (κ2) is 8.47. The molecule has 0 atom stereocenters. The lowest BCUT2D eigenvalue weighted by atomic mass is 10.0. The second-order valence-corrected chi connectivity index (χ2v) is 7.70. The molecule has 2 saturated heterocycles. The highest BCUT2D eigenvalue weighted by molar-refractivity contribution is 5.95. The molecule has 2 aliphatic heterocycles. The Kier molecular flexibility index (Phi) is 5.78. The van der Waals surface area contributed by atoms with Crippen LogP contribution in [0.1, 0.15) is 28.8 Å². The fourth-order valence-corrected chi connectivity index (χ4v) is 4.23. The number of nitrogens with zero attached hydrogens (tertiary/aromatic N) is 3. The van der Waals surface area contributed by atoms with Crippen molar-refractivity contribution >= 4 is 5.91 Å². The molecule has 154 valence electrons. The van der Waals surface area contributed by atoms with Crippen molar-refractivity contribution < 1.29 is 13.9 Å². The Balaban J connectivity index is 1.52. The molecule has 2 aliphatic rings. The minimum atomic E-state index is -0.367. The first-order chi connectivity index (χ1) is 14.0. The first kappa shape index (κ1) is 19.8. The third kappa shape index (κ3) is 4.11. The van der Waals surface area contributed by atoms with Crippen LogP contribution in [-0.4, -0.2) is 65.7 Å². The molecule has 1 aromatic heterocycles. The molecule has 3 heterocycles. The van der Waals surface area contributed by atoms with Gasteiger partial charge in [-0.05, 0) is 55.7 Å². The number of pyridine rings is 1. The van der Waals surface area contributed by atoms with Gasteiger partial charge in [-0.25, -0.2) is 4.39 Å². The standard InChI is InChI=1S/C22H26FN3O3/c1-16-6-11-26(19-4-2-17(23)3-5-19)22(28)20(16)21(27)25-9-7-18(8-10-25)24-12-14-29-15-13-24/h2-6,11,18H,7-10,12-15H2,1H3. The van der Waals surface area contributed by atoms with Crippen molar-refractivity contribution in [1.82, 2.24) is 14.4 Å². The molecule has 0 radical (unpaired) electrons. The van der Waals surface area contributed by atoms with Crippen molar-refractivity contribution in [2.24, 2.45) is 0 Å². The van der Waals surface area contributed by atoms with E-state index in [1.165, 1.54) is 28.8 Å². The second-order valence-electron chi connectivity index (χ2n) is 7.70. The third-order valence-electron chi connectivity index (χ3n) is 5.93. The van der Waals surface area contributed by atoms with Gasteiger partial charge in [-0.1, -0.05) is 0 Å². The van der Waals surface area contributed by atoms with Gasteiger partial charge >= 0.3 is 0 Å². The Bertz CT molecular complexity index is 927. The van der Waals surface area contributed by atoms with E-state index in [1.807, 2.05) is 0 Å². The maximum absolute atomic E-state index is 13.2. The van der Waals surface area contributed by atoms with Crippen LogP contribution in [-0.2, 0) is 4.74 Å². The molecule has 7 heteroatoms. The van der Waals surface area contributed by atoms with Crippen LogP contribution in [0.4, 0.5) is 4.39 Å². The van der Waals surface area contributed by atoms with Gasteiger partial charge in [0, 0.05) is 44.1 Å². The smallest absolute Gasteiger partial charge is 0.268 e. The number of halogens is 1. The van der Waals surface area contributed by atoms with Gasteiger partial charge in [-0.2, -0.15) is 0 Å². The number of hydrogen-bond donors (Lipinski definition) is 0. The Morgan fingerprint density at radius 3 is 2.34 bits per heavy atom. The normalized spacial score (nSPS) is 18.8. The number of carbonyl (C=O) groups is 1. The minimum absolute atomic E-state index is 0.196. The number of ether oxygens (including phenoxy) is 1. The Hall–Kier alpha value is -2.51. The van der Waals surface area contributed by atoms with Crippen LogP contribution in [0.25, 0.3) is 5.69 Å². The number of benzene rings is 1. The summed E-state index contributed by atoms with van der Waals surface area (Å²) in [6, 6.07) is 7.91. The monoisotopic (exact) mass is 399 g/mol. The van der Waals surface area contributed by atoms with Gasteiger partial charge in [0.25, 0.3) is 11.5 Å². The molecule has 0 aliphatic carbocycles. The first-order valence-electron chi connectivity index (χ1n) is 10.1. The molecule has 2 fully saturated rings. The summed E-state index contributed by atoms with van der Waals surface area (Å²) in [5.41, 5.74) is 1.03. The Labute approximate surface area is 169 Å². The van der Waals surface area contributed by atoms with Gasteiger partial charge in [-0.15, -0.1) is 0 Å². The fraction of sp³-hybridized carbons (Fsp3) is 0.455. The van der Waals surface area contributed by atoms with E-state index >= 15 is 0 Å². The van der Waals surface area contributed by atoms with Gasteiger partial charge < -0.3 is 9.64 Å². The summed E-state index contributed by atoms with van der Waals surface area (Å²) >= 11 is 0. The molecular weight excluding hydrogens is 373 g/mol. The van der Waals surface area contributed by atoms with E-state index < -0.39 is 0 Å². The van der Waals surface area contributed by atoms with Gasteiger partial charge in [0.05, 0.1) is 13.2 Å². The third-order valence-corrected chi connectivity index (χ3v) is 5.93. The number of amides is 1. The molecular formula is C22H26FN3O3. The van der Waals surface area contributed by atoms with E-state index in [-0.39, 0.29) is 22.8 Å². The van der Waals surface area contributed by atoms with E-state index in [2.05, 4.69) is 4.90 Å². The van der Waals surface area contributed by atoms with E-state index in [0.717, 1.165) is 39.1 Å². The molecule has 4 rings (SSSR count). The van der Waals surface area contributed by atoms with Crippen LogP contribution >= 0.6 is 0 Å². The lowest BCUT2D eigenvalue weighted by molar-refractivity contribution is 0.00156. The number of aryl methyl sites for hydroxylation is 1. The quantitative estimate of drug-likeness (QED) is 0.794. The van der Waals surface area contributed by atoms with Crippen LogP contribution in [0.5, 0.6) is 0 Å². The predicted octanol–water partition coefficient (Wildman–Crippen LogP) is 2.22. The number of rotatable bonds is 3. The summed E-state index contributed by atoms with van der Waals surface area (Å²) in [6.45, 7) is 6.49. The molecule has 0 spiro atoms. The maximum Gasteiger partial charge on any atom is 0.268 e. The van der Waals surface area contributed by atoms with Crippen molar-refractivity contribution in [3.63, 3.8) is 0 Å². The molecule has 0 saturated carbocycles. The lowest BCUT2D eigenvalue weighted by Gasteiger charge is -2.40. The summed E-state index contributed by atoms with van der Waals surface area (Å²) < 4.78 is 20.1. The highest BCUT2D eigenvalue weighted by Crippen LogP contribution is 2.20. The Morgan fingerprint density at radius 2 is 1.69 bits per heavy atom. The molecule has 1 aromatic carbocycles. The SMILES string of the molecule is Cc1ccn(-c2ccc(F)cc2)c(=O)c1C(=O)N1CCC(N2CCOCC2)CC1. The molecule has 0 N–H and O–H groups in total. The van der Waals surface area contributed by atoms with E-state index in [4.69, 9.17) is 4.74 Å². The van der Waals surface area contributed by atoms with E-state index in [9.17, 15) is 14.0 Å². The van der Waals surface area contributed by atoms with Gasteiger partial charge in [0.1, 0.15) is 11.4 Å². The zero-order valence-corrected chi connectivity index (χ0v) is 16.6. The van der Waals surface area contributed by atoms with Crippen LogP contribution in [0.2, 0.25) is 0 Å². The topological polar surface area (TPSA) is 54.8 Å². The van der Waals surface area contributed by atoms with Crippen molar-refractivity contribution in [3.8, 4) is 5.69 Å². The molecule has 1 amide bonds. The first-order valence-corrected chi connectivity index (χ1v) is 10.1. The average molecular weight is 399 g/mol. The van der Waals surface area contributed by atoms with Gasteiger partial charge in [0.15, 0.2) is 0 Å². The lowest BCUT2D eigenvalue weighted by Crippen LogP contribution is -2.50. The average Bonchev–Trinajstić information content (AvgIpc) is 2.75. The minimum Gasteiger partial charge on any atom is -0.379 e. The highest BCUT2D eigenvalue weighted by atomic mass is 19.1. The summed E-state index contributed by atoms with van der Waals surface area (Å²) in [4.78, 5) is 30.5. The summed E-state index contributed by atoms with van der Waals surface area (Å²) in [5.74, 6) is -0.585. The number of carbonyl (C=O) groups excluding carboxylic acids is 1. The van der Waals surface area contributed by atoms with Gasteiger partial charge in [0.2, 0.25) is 0 Å². The Morgan fingerprint density at radius 1 is 1.03 bits per heavy atom. The van der Waals surface area contributed by atoms with Crippen LogP contribution in [0, 0.1) is 12.7 Å². The largest absolute Gasteiger partial charge is 0.379 e. The number of hydrogen-bond acceptors (Lipinski definition) is 4. The fourth-order valence-electron chi connectivity index (χ4n) is 4.23. The maximum atomic E-state index is 13.2. The summed E-state index contributed by atoms with van der Waals surface area (Å²) in [7, 11) is 0. The number of piperidine rings is 1. The predicted molar refractivity (Wildman–Crippen MR) is 108 cm³/mol. The number of aromatic nitrogens is 1. The molecule has 0 unspecified atom stereocenters. The number of likely N-dealkylation sites (tertiary alicyclic amines) is 1. The van der Waals surface area contributed by atoms with Crippen molar-refractivity contribution in [3.05, 3.63) is 63.8 Å². The van der Waals surface area contributed by atoms with Crippen molar-refractivity contribution in [2.45, 2.75) is 25.8 Å². The van der Waals surface area contributed by atoms with Crippen LogP contribution < -0.4 is 5.56 Å². The van der Waals surface area contributed by atoms with Crippen molar-refractivity contribution in [1.29, 1.82) is 0 Å². The van der Waals surface area contributed by atoms with Crippen molar-refractivity contribution in [2.75, 3.05) is 39.4 Å². The zero-order valence-electron chi connectivity index (χ0n) is 16.6. The molecule has 29 heavy (non-hydrogen) atoms. The van der Waals surface area contributed by atoms with Crippen LogP contribution in [0.15, 0.2) is 41.3 Å². The van der Waals surface area contributed by atoms with Crippen LogP contribution in [0.3, 0.4) is 0 Å².